The first-order valence-electron chi connectivity index (χ1n) is 8.84. The van der Waals surface area contributed by atoms with Gasteiger partial charge in [-0.05, 0) is 33.4 Å². The van der Waals surface area contributed by atoms with Gasteiger partial charge in [0.05, 0.1) is 19.8 Å². The minimum absolute atomic E-state index is 0.0482. The van der Waals surface area contributed by atoms with Gasteiger partial charge in [0.25, 0.3) is 0 Å². The van der Waals surface area contributed by atoms with Crippen LogP contribution >= 0.6 is 11.8 Å². The van der Waals surface area contributed by atoms with Crippen LogP contribution in [0.5, 0.6) is 0 Å². The number of imidazole rings is 1. The number of rotatable bonds is 12. The predicted molar refractivity (Wildman–Crippen MR) is 97.6 cm³/mol. The normalized spacial score (nSPS) is 11.0. The molecular formula is C17H28N2O6S. The fourth-order valence-electron chi connectivity index (χ4n) is 2.26. The maximum Gasteiger partial charge on any atom is 0.359 e. The lowest BCUT2D eigenvalue weighted by molar-refractivity contribution is -0.144. The zero-order valence-corrected chi connectivity index (χ0v) is 16.9. The third-order valence-corrected chi connectivity index (χ3v) is 4.04. The van der Waals surface area contributed by atoms with Gasteiger partial charge >= 0.3 is 11.9 Å². The van der Waals surface area contributed by atoms with Gasteiger partial charge in [-0.3, -0.25) is 0 Å². The van der Waals surface area contributed by atoms with Crippen molar-refractivity contribution in [2.75, 3.05) is 32.2 Å². The zero-order valence-electron chi connectivity index (χ0n) is 16.1. The van der Waals surface area contributed by atoms with E-state index in [9.17, 15) is 9.59 Å². The van der Waals surface area contributed by atoms with Crippen molar-refractivity contribution in [1.29, 1.82) is 0 Å². The highest BCUT2D eigenvalue weighted by Gasteiger charge is 2.30. The number of ether oxygens (including phenoxy) is 4. The summed E-state index contributed by atoms with van der Waals surface area (Å²) in [5.41, 5.74) is 0.0126. The summed E-state index contributed by atoms with van der Waals surface area (Å²) >= 11 is 1.41. The highest BCUT2D eigenvalue weighted by molar-refractivity contribution is 7.99. The van der Waals surface area contributed by atoms with Crippen molar-refractivity contribution in [3.63, 3.8) is 0 Å². The first-order valence-corrected chi connectivity index (χ1v) is 9.83. The van der Waals surface area contributed by atoms with Gasteiger partial charge in [-0.15, -0.1) is 0 Å². The van der Waals surface area contributed by atoms with Gasteiger partial charge in [0.15, 0.2) is 22.8 Å². The number of nitrogens with zero attached hydrogens (tertiary/aromatic N) is 2. The van der Waals surface area contributed by atoms with Gasteiger partial charge in [0.1, 0.15) is 0 Å². The number of aromatic nitrogens is 2. The van der Waals surface area contributed by atoms with Gasteiger partial charge in [-0.2, -0.15) is 0 Å². The highest BCUT2D eigenvalue weighted by atomic mass is 32.2. The second-order valence-electron chi connectivity index (χ2n) is 4.92. The van der Waals surface area contributed by atoms with Crippen molar-refractivity contribution in [3.8, 4) is 0 Å². The molecule has 0 saturated carbocycles. The molecule has 0 aliphatic heterocycles. The summed E-state index contributed by atoms with van der Waals surface area (Å²) in [6.07, 6.45) is -0.571. The Hall–Kier alpha value is -1.58. The Morgan fingerprint density at radius 2 is 1.54 bits per heavy atom. The molecule has 148 valence electrons. The molecule has 0 unspecified atom stereocenters. The van der Waals surface area contributed by atoms with E-state index in [1.165, 1.54) is 11.8 Å². The molecule has 0 bridgehead atoms. The number of esters is 2. The number of hydrogen-bond acceptors (Lipinski definition) is 8. The van der Waals surface area contributed by atoms with Crippen LogP contribution in [0.4, 0.5) is 0 Å². The summed E-state index contributed by atoms with van der Waals surface area (Å²) < 4.78 is 23.0. The minimum atomic E-state index is -0.656. The van der Waals surface area contributed by atoms with Crippen LogP contribution in [0.2, 0.25) is 0 Å². The molecule has 0 amide bonds. The quantitative estimate of drug-likeness (QED) is 0.307. The van der Waals surface area contributed by atoms with Crippen molar-refractivity contribution in [2.24, 2.45) is 0 Å². The van der Waals surface area contributed by atoms with Gasteiger partial charge in [-0.1, -0.05) is 18.7 Å². The number of hydrogen-bond donors (Lipinski definition) is 0. The molecule has 9 heteroatoms. The SMILES string of the molecule is CCOC(=O)c1nc(SCC)n(CC(OCC)OCC)c1C(=O)OCC. The molecule has 1 aromatic heterocycles. The van der Waals surface area contributed by atoms with E-state index < -0.39 is 18.2 Å². The highest BCUT2D eigenvalue weighted by Crippen LogP contribution is 2.24. The Kier molecular flexibility index (Phi) is 10.3. The largest absolute Gasteiger partial charge is 0.461 e. The summed E-state index contributed by atoms with van der Waals surface area (Å²) in [6.45, 7) is 10.6. The molecule has 0 aliphatic carbocycles. The second-order valence-corrected chi connectivity index (χ2v) is 6.15. The van der Waals surface area contributed by atoms with E-state index >= 15 is 0 Å². The van der Waals surface area contributed by atoms with Crippen LogP contribution in [0.15, 0.2) is 5.16 Å². The predicted octanol–water partition coefficient (Wildman–Crippen LogP) is 2.75. The van der Waals surface area contributed by atoms with Crippen LogP contribution in [-0.2, 0) is 25.5 Å². The Morgan fingerprint density at radius 1 is 0.962 bits per heavy atom. The van der Waals surface area contributed by atoms with Gasteiger partial charge < -0.3 is 23.5 Å². The first kappa shape index (κ1) is 22.5. The fourth-order valence-corrected chi connectivity index (χ4v) is 3.00. The molecule has 0 spiro atoms. The zero-order chi connectivity index (χ0) is 19.5. The maximum atomic E-state index is 12.5. The summed E-state index contributed by atoms with van der Waals surface area (Å²) in [7, 11) is 0. The van der Waals surface area contributed by atoms with Crippen LogP contribution in [-0.4, -0.2) is 60.0 Å². The number of carbonyl (C=O) groups is 2. The summed E-state index contributed by atoms with van der Waals surface area (Å²) in [4.78, 5) is 29.2. The molecule has 1 rings (SSSR count). The Balaban J connectivity index is 3.40. The Labute approximate surface area is 158 Å². The molecule has 1 aromatic rings. The molecule has 0 aromatic carbocycles. The molecule has 0 aliphatic rings. The van der Waals surface area contributed by atoms with Crippen molar-refractivity contribution < 1.29 is 28.5 Å². The second kappa shape index (κ2) is 11.9. The van der Waals surface area contributed by atoms with E-state index in [1.54, 1.807) is 18.4 Å². The van der Waals surface area contributed by atoms with E-state index in [4.69, 9.17) is 18.9 Å². The summed E-state index contributed by atoms with van der Waals surface area (Å²) in [6, 6.07) is 0. The molecule has 0 fully saturated rings. The van der Waals surface area contributed by atoms with Crippen molar-refractivity contribution in [3.05, 3.63) is 11.4 Å². The third-order valence-electron chi connectivity index (χ3n) is 3.18. The monoisotopic (exact) mass is 388 g/mol. The smallest absolute Gasteiger partial charge is 0.359 e. The molecule has 0 atom stereocenters. The van der Waals surface area contributed by atoms with Crippen LogP contribution in [0.3, 0.4) is 0 Å². The lowest BCUT2D eigenvalue weighted by Crippen LogP contribution is -2.27. The number of thioether (sulfide) groups is 1. The minimum Gasteiger partial charge on any atom is -0.461 e. The Bertz CT molecular complexity index is 584. The molecular weight excluding hydrogens is 360 g/mol. The van der Waals surface area contributed by atoms with Crippen LogP contribution in [0, 0.1) is 0 Å². The van der Waals surface area contributed by atoms with Crippen LogP contribution in [0.25, 0.3) is 0 Å². The summed E-state index contributed by atoms with van der Waals surface area (Å²) in [5.74, 6) is -0.565. The molecule has 0 N–H and O–H groups in total. The topological polar surface area (TPSA) is 88.9 Å². The van der Waals surface area contributed by atoms with Gasteiger partial charge in [0.2, 0.25) is 0 Å². The van der Waals surface area contributed by atoms with Crippen molar-refractivity contribution in [1.82, 2.24) is 9.55 Å². The molecule has 0 radical (unpaired) electrons. The average Bonchev–Trinajstić information content (AvgIpc) is 2.95. The van der Waals surface area contributed by atoms with Crippen LogP contribution < -0.4 is 0 Å². The first-order chi connectivity index (χ1) is 12.5. The molecule has 26 heavy (non-hydrogen) atoms. The van der Waals surface area contributed by atoms with Gasteiger partial charge in [-0.25, -0.2) is 14.6 Å². The standard InChI is InChI=1S/C17H28N2O6S/c1-6-22-12(23-7-2)11-19-14(16(21)25-9-4)13(15(20)24-8-3)18-17(19)26-10-5/h12H,6-11H2,1-5H3. The van der Waals surface area contributed by atoms with E-state index in [0.717, 1.165) is 5.75 Å². The lowest BCUT2D eigenvalue weighted by atomic mass is 10.3. The van der Waals surface area contributed by atoms with E-state index in [1.807, 2.05) is 20.8 Å². The number of carbonyl (C=O) groups excluding carboxylic acids is 2. The summed E-state index contributed by atoms with van der Waals surface area (Å²) in [5, 5.41) is 0.517. The fraction of sp³-hybridized carbons (Fsp3) is 0.706. The molecule has 1 heterocycles. The van der Waals surface area contributed by atoms with Crippen molar-refractivity contribution >= 4 is 23.7 Å². The van der Waals surface area contributed by atoms with E-state index in [2.05, 4.69) is 4.98 Å². The maximum absolute atomic E-state index is 12.5. The van der Waals surface area contributed by atoms with Crippen molar-refractivity contribution in [2.45, 2.75) is 52.6 Å². The van der Waals surface area contributed by atoms with Gasteiger partial charge in [0, 0.05) is 13.2 Å². The molecule has 0 saturated heterocycles. The molecule has 8 nitrogen and oxygen atoms in total. The third kappa shape index (κ3) is 6.00. The average molecular weight is 388 g/mol. The van der Waals surface area contributed by atoms with E-state index in [0.29, 0.717) is 18.4 Å². The van der Waals surface area contributed by atoms with E-state index in [-0.39, 0.29) is 31.1 Å². The Morgan fingerprint density at radius 3 is 2.04 bits per heavy atom. The lowest BCUT2D eigenvalue weighted by Gasteiger charge is -2.20. The van der Waals surface area contributed by atoms with Crippen LogP contribution in [0.1, 0.15) is 55.6 Å².